The van der Waals surface area contributed by atoms with Crippen LogP contribution in [0.3, 0.4) is 0 Å². The molecule has 5 nitrogen and oxygen atoms in total. The van der Waals surface area contributed by atoms with Gasteiger partial charge in [-0.2, -0.15) is 5.10 Å². The maximum absolute atomic E-state index is 12.3. The summed E-state index contributed by atoms with van der Waals surface area (Å²) in [5.41, 5.74) is 5.56. The third-order valence-corrected chi connectivity index (χ3v) is 5.99. The lowest BCUT2D eigenvalue weighted by Crippen LogP contribution is -2.31. The highest BCUT2D eigenvalue weighted by atomic mass is 16.1. The van der Waals surface area contributed by atoms with E-state index in [4.69, 9.17) is 5.10 Å². The zero-order valence-corrected chi connectivity index (χ0v) is 17.1. The van der Waals surface area contributed by atoms with Gasteiger partial charge in [0.25, 0.3) is 5.91 Å². The lowest BCUT2D eigenvalue weighted by molar-refractivity contribution is 0.0943. The Morgan fingerprint density at radius 1 is 1.10 bits per heavy atom. The first-order chi connectivity index (χ1) is 14.1. The molecule has 2 heterocycles. The number of rotatable bonds is 5. The summed E-state index contributed by atoms with van der Waals surface area (Å²) in [6.45, 7) is 2.85. The highest BCUT2D eigenvalue weighted by molar-refractivity contribution is 5.94. The molecule has 1 aromatic carbocycles. The van der Waals surface area contributed by atoms with Crippen LogP contribution >= 0.6 is 0 Å². The van der Waals surface area contributed by atoms with Crippen LogP contribution in [0.15, 0.2) is 55.0 Å². The van der Waals surface area contributed by atoms with Gasteiger partial charge < -0.3 is 5.32 Å². The molecule has 29 heavy (non-hydrogen) atoms. The summed E-state index contributed by atoms with van der Waals surface area (Å²) in [6, 6.07) is 11.5. The Hall–Kier alpha value is -2.95. The number of nitrogens with one attached hydrogen (secondary N) is 1. The van der Waals surface area contributed by atoms with E-state index in [2.05, 4.69) is 29.5 Å². The average Bonchev–Trinajstić information content (AvgIpc) is 3.14. The van der Waals surface area contributed by atoms with Gasteiger partial charge in [0.1, 0.15) is 0 Å². The van der Waals surface area contributed by atoms with Crippen molar-refractivity contribution in [2.45, 2.75) is 38.5 Å². The van der Waals surface area contributed by atoms with Crippen LogP contribution in [0.4, 0.5) is 0 Å². The molecule has 0 spiro atoms. The smallest absolute Gasteiger partial charge is 0.251 e. The Kier molecular flexibility index (Phi) is 5.74. The van der Waals surface area contributed by atoms with Crippen molar-refractivity contribution in [2.75, 3.05) is 6.54 Å². The topological polar surface area (TPSA) is 59.8 Å². The van der Waals surface area contributed by atoms with E-state index in [0.717, 1.165) is 37.8 Å². The number of amides is 1. The Morgan fingerprint density at radius 2 is 1.86 bits per heavy atom. The van der Waals surface area contributed by atoms with Crippen LogP contribution in [-0.2, 0) is 7.05 Å². The first-order valence-electron chi connectivity index (χ1n) is 10.4. The third kappa shape index (κ3) is 4.39. The number of aryl methyl sites for hydroxylation is 2. The molecule has 1 fully saturated rings. The van der Waals surface area contributed by atoms with E-state index in [0.29, 0.717) is 11.8 Å². The van der Waals surface area contributed by atoms with Gasteiger partial charge in [-0.3, -0.25) is 14.5 Å². The fourth-order valence-electron chi connectivity index (χ4n) is 4.36. The predicted molar refractivity (Wildman–Crippen MR) is 115 cm³/mol. The number of carbonyl (C=O) groups excluding carboxylic acids is 1. The Balaban J connectivity index is 1.38. The van der Waals surface area contributed by atoms with Gasteiger partial charge in [-0.1, -0.05) is 18.2 Å². The summed E-state index contributed by atoms with van der Waals surface area (Å²) < 4.78 is 1.93. The van der Waals surface area contributed by atoms with Gasteiger partial charge in [-0.15, -0.1) is 0 Å². The molecule has 1 saturated carbocycles. The Labute approximate surface area is 172 Å². The number of aromatic nitrogens is 3. The second kappa shape index (κ2) is 8.60. The zero-order chi connectivity index (χ0) is 20.2. The van der Waals surface area contributed by atoms with Crippen LogP contribution in [0.2, 0.25) is 0 Å². The molecule has 2 aromatic heterocycles. The van der Waals surface area contributed by atoms with E-state index in [1.807, 2.05) is 54.5 Å². The normalized spacial score (nSPS) is 19.1. The van der Waals surface area contributed by atoms with Gasteiger partial charge in [0.15, 0.2) is 0 Å². The van der Waals surface area contributed by atoms with Crippen molar-refractivity contribution in [3.05, 3.63) is 71.8 Å². The van der Waals surface area contributed by atoms with Crippen molar-refractivity contribution in [2.24, 2.45) is 13.0 Å². The molecular formula is C24H28N4O. The zero-order valence-electron chi connectivity index (χ0n) is 17.1. The average molecular weight is 389 g/mol. The van der Waals surface area contributed by atoms with Gasteiger partial charge >= 0.3 is 0 Å². The third-order valence-electron chi connectivity index (χ3n) is 5.99. The Morgan fingerprint density at radius 3 is 2.59 bits per heavy atom. The minimum absolute atomic E-state index is 0.0212. The highest BCUT2D eigenvalue weighted by Gasteiger charge is 2.27. The molecule has 4 rings (SSSR count). The van der Waals surface area contributed by atoms with Gasteiger partial charge in [0.05, 0.1) is 5.69 Å². The fourth-order valence-corrected chi connectivity index (χ4v) is 4.36. The van der Waals surface area contributed by atoms with Gasteiger partial charge in [-0.05, 0) is 67.9 Å². The molecule has 5 heteroatoms. The van der Waals surface area contributed by atoms with Crippen molar-refractivity contribution in [1.82, 2.24) is 20.1 Å². The minimum atomic E-state index is 0.0212. The quantitative estimate of drug-likeness (QED) is 0.700. The maximum Gasteiger partial charge on any atom is 0.251 e. The molecule has 0 saturated heterocycles. The molecule has 0 atom stereocenters. The molecule has 1 aliphatic carbocycles. The molecule has 1 N–H and O–H groups in total. The number of benzene rings is 1. The summed E-state index contributed by atoms with van der Waals surface area (Å²) in [5, 5.41) is 7.92. The van der Waals surface area contributed by atoms with E-state index < -0.39 is 0 Å². The number of hydrogen-bond acceptors (Lipinski definition) is 3. The summed E-state index contributed by atoms with van der Waals surface area (Å²) in [4.78, 5) is 16.5. The first-order valence-corrected chi connectivity index (χ1v) is 10.4. The van der Waals surface area contributed by atoms with Crippen LogP contribution < -0.4 is 5.32 Å². The molecule has 0 unspecified atom stereocenters. The number of hydrogen-bond donors (Lipinski definition) is 1. The van der Waals surface area contributed by atoms with Crippen LogP contribution in [0, 0.1) is 12.8 Å². The number of carbonyl (C=O) groups is 1. The minimum Gasteiger partial charge on any atom is -0.352 e. The standard InChI is InChI=1S/C24H28N4O/c1-17-14-25-13-12-21(17)22-16-28(2)27-23(22)19-10-8-18(9-11-19)15-26-24(29)20-6-4-3-5-7-20/h3-7,12-14,16,18-19H,8-11,15H2,1-2H3,(H,26,29). The van der Waals surface area contributed by atoms with Crippen molar-refractivity contribution in [3.63, 3.8) is 0 Å². The van der Waals surface area contributed by atoms with E-state index in [1.165, 1.54) is 22.4 Å². The Bertz CT molecular complexity index is 972. The molecular weight excluding hydrogens is 360 g/mol. The van der Waals surface area contributed by atoms with E-state index in [-0.39, 0.29) is 5.91 Å². The SMILES string of the molecule is Cc1cnccc1-c1cn(C)nc1C1CCC(CNC(=O)c2ccccc2)CC1. The van der Waals surface area contributed by atoms with Gasteiger partial charge in [-0.25, -0.2) is 0 Å². The monoisotopic (exact) mass is 388 g/mol. The molecule has 0 radical (unpaired) electrons. The molecule has 3 aromatic rings. The fraction of sp³-hybridized carbons (Fsp3) is 0.375. The molecule has 1 aliphatic rings. The van der Waals surface area contributed by atoms with Crippen LogP contribution in [0.5, 0.6) is 0 Å². The van der Waals surface area contributed by atoms with Crippen molar-refractivity contribution in [1.29, 1.82) is 0 Å². The summed E-state index contributed by atoms with van der Waals surface area (Å²) in [7, 11) is 1.99. The lowest BCUT2D eigenvalue weighted by atomic mass is 9.79. The number of pyridine rings is 1. The van der Waals surface area contributed by atoms with Crippen LogP contribution in [0.1, 0.15) is 53.2 Å². The predicted octanol–water partition coefficient (Wildman–Crippen LogP) is 4.49. The summed E-state index contributed by atoms with van der Waals surface area (Å²) >= 11 is 0. The summed E-state index contributed by atoms with van der Waals surface area (Å²) in [6.07, 6.45) is 10.4. The van der Waals surface area contributed by atoms with Crippen molar-refractivity contribution < 1.29 is 4.79 Å². The second-order valence-electron chi connectivity index (χ2n) is 8.09. The van der Waals surface area contributed by atoms with E-state index in [9.17, 15) is 4.79 Å². The van der Waals surface area contributed by atoms with E-state index in [1.54, 1.807) is 0 Å². The number of nitrogens with zero attached hydrogens (tertiary/aromatic N) is 3. The first kappa shape index (κ1) is 19.4. The van der Waals surface area contributed by atoms with Gasteiger partial charge in [0.2, 0.25) is 0 Å². The van der Waals surface area contributed by atoms with Crippen molar-refractivity contribution in [3.8, 4) is 11.1 Å². The largest absolute Gasteiger partial charge is 0.352 e. The molecule has 0 aliphatic heterocycles. The van der Waals surface area contributed by atoms with E-state index >= 15 is 0 Å². The van der Waals surface area contributed by atoms with Crippen molar-refractivity contribution >= 4 is 5.91 Å². The maximum atomic E-state index is 12.3. The van der Waals surface area contributed by atoms with Crippen LogP contribution in [-0.4, -0.2) is 27.2 Å². The molecule has 1 amide bonds. The molecule has 0 bridgehead atoms. The lowest BCUT2D eigenvalue weighted by Gasteiger charge is -2.28. The summed E-state index contributed by atoms with van der Waals surface area (Å²) in [5.74, 6) is 1.03. The van der Waals surface area contributed by atoms with Gasteiger partial charge in [0, 0.05) is 49.2 Å². The highest BCUT2D eigenvalue weighted by Crippen LogP contribution is 2.39. The second-order valence-corrected chi connectivity index (χ2v) is 8.09. The van der Waals surface area contributed by atoms with Crippen LogP contribution in [0.25, 0.3) is 11.1 Å². The molecule has 150 valence electrons.